The lowest BCUT2D eigenvalue weighted by molar-refractivity contribution is -0.137. The predicted octanol–water partition coefficient (Wildman–Crippen LogP) is 7.48. The van der Waals surface area contributed by atoms with Gasteiger partial charge in [0.15, 0.2) is 5.11 Å². The normalized spacial score (nSPS) is 12.8. The fourth-order valence-electron chi connectivity index (χ4n) is 5.21. The van der Waals surface area contributed by atoms with E-state index in [1.54, 1.807) is 30.1 Å². The van der Waals surface area contributed by atoms with Crippen LogP contribution in [0.4, 0.5) is 18.9 Å². The Hall–Kier alpha value is -4.37. The zero-order valence-electron chi connectivity index (χ0n) is 23.9. The van der Waals surface area contributed by atoms with Crippen molar-refractivity contribution in [2.75, 3.05) is 25.1 Å². The van der Waals surface area contributed by atoms with E-state index in [4.69, 9.17) is 17.0 Å². The number of anilines is 1. The molecule has 0 atom stereocenters. The number of nitrogens with one attached hydrogen (secondary N) is 1. The molecule has 1 amide bonds. The highest BCUT2D eigenvalue weighted by atomic mass is 32.1. The molecule has 0 aromatic heterocycles. The molecule has 0 saturated heterocycles. The summed E-state index contributed by atoms with van der Waals surface area (Å²) < 4.78 is 45.4. The molecule has 1 aliphatic rings. The highest BCUT2D eigenvalue weighted by Gasteiger charge is 2.30. The summed E-state index contributed by atoms with van der Waals surface area (Å²) in [5.74, 6) is 0.143. The van der Waals surface area contributed by atoms with Crippen LogP contribution in [0.15, 0.2) is 91.0 Å². The molecule has 0 aliphatic carbocycles. The van der Waals surface area contributed by atoms with Crippen molar-refractivity contribution in [1.82, 2.24) is 10.2 Å². The van der Waals surface area contributed by atoms with Crippen molar-refractivity contribution in [3.8, 4) is 16.9 Å². The van der Waals surface area contributed by atoms with Gasteiger partial charge in [-0.15, -0.1) is 0 Å². The molecule has 0 unspecified atom stereocenters. The van der Waals surface area contributed by atoms with Gasteiger partial charge < -0.3 is 19.9 Å². The number of rotatable bonds is 7. The first-order valence-electron chi connectivity index (χ1n) is 14.1. The topological polar surface area (TPSA) is 44.8 Å². The van der Waals surface area contributed by atoms with Gasteiger partial charge in [-0.05, 0) is 84.2 Å². The summed E-state index contributed by atoms with van der Waals surface area (Å²) >= 11 is 5.66. The molecular weight excluding hydrogens is 571 g/mol. The zero-order valence-corrected chi connectivity index (χ0v) is 24.8. The van der Waals surface area contributed by atoms with Gasteiger partial charge in [-0.25, -0.2) is 0 Å². The standard InChI is InChI=1S/C34H32F3N3O2S/c1-3-42-30-11-7-10-29(31(30)24-12-15-27(16-13-24)34(35,36)37)32(41)39(2)28-17-14-26-22-40(19-18-25(26)20-28)33(43)38-21-23-8-5-4-6-9-23/h4-17,20H,3,18-19,21-22H2,1-2H3,(H,38,43). The smallest absolute Gasteiger partial charge is 0.416 e. The van der Waals surface area contributed by atoms with E-state index in [2.05, 4.69) is 22.3 Å². The second-order valence-electron chi connectivity index (χ2n) is 10.3. The summed E-state index contributed by atoms with van der Waals surface area (Å²) in [4.78, 5) is 17.6. The molecule has 1 aliphatic heterocycles. The third kappa shape index (κ3) is 6.83. The Morgan fingerprint density at radius 2 is 1.72 bits per heavy atom. The number of amides is 1. The van der Waals surface area contributed by atoms with E-state index in [-0.39, 0.29) is 5.91 Å². The number of hydrogen-bond acceptors (Lipinski definition) is 3. The second kappa shape index (κ2) is 12.9. The van der Waals surface area contributed by atoms with Gasteiger partial charge in [0.2, 0.25) is 0 Å². The molecule has 9 heteroatoms. The van der Waals surface area contributed by atoms with Crippen molar-refractivity contribution >= 4 is 28.9 Å². The van der Waals surface area contributed by atoms with Crippen LogP contribution < -0.4 is 15.0 Å². The van der Waals surface area contributed by atoms with E-state index in [1.807, 2.05) is 43.3 Å². The maximum atomic E-state index is 13.9. The SMILES string of the molecule is CCOc1cccc(C(=O)N(C)c2ccc3c(c2)CCN(C(=S)NCc2ccccc2)C3)c1-c1ccc(C(F)(F)F)cc1. The maximum Gasteiger partial charge on any atom is 0.416 e. The van der Waals surface area contributed by atoms with Crippen molar-refractivity contribution < 1.29 is 22.7 Å². The molecule has 0 radical (unpaired) electrons. The molecule has 4 aromatic rings. The van der Waals surface area contributed by atoms with Crippen LogP contribution in [-0.2, 0) is 25.7 Å². The van der Waals surface area contributed by atoms with Crippen LogP contribution in [0.1, 0.15) is 39.5 Å². The summed E-state index contributed by atoms with van der Waals surface area (Å²) in [6.45, 7) is 4.24. The highest BCUT2D eigenvalue weighted by molar-refractivity contribution is 7.80. The Morgan fingerprint density at radius 3 is 2.42 bits per heavy atom. The second-order valence-corrected chi connectivity index (χ2v) is 10.7. The van der Waals surface area contributed by atoms with Crippen molar-refractivity contribution in [1.29, 1.82) is 0 Å². The summed E-state index contributed by atoms with van der Waals surface area (Å²) in [5, 5.41) is 4.05. The number of thiocarbonyl (C=S) groups is 1. The van der Waals surface area contributed by atoms with E-state index in [1.165, 1.54) is 12.1 Å². The Kier molecular flexibility index (Phi) is 9.01. The number of hydrogen-bond donors (Lipinski definition) is 1. The van der Waals surface area contributed by atoms with Crippen LogP contribution in [0.5, 0.6) is 5.75 Å². The molecule has 5 rings (SSSR count). The van der Waals surface area contributed by atoms with E-state index < -0.39 is 11.7 Å². The van der Waals surface area contributed by atoms with Gasteiger partial charge >= 0.3 is 6.18 Å². The van der Waals surface area contributed by atoms with Crippen LogP contribution >= 0.6 is 12.2 Å². The van der Waals surface area contributed by atoms with Gasteiger partial charge in [0.25, 0.3) is 5.91 Å². The number of carbonyl (C=O) groups is 1. The first-order valence-corrected chi connectivity index (χ1v) is 14.5. The monoisotopic (exact) mass is 603 g/mol. The van der Waals surface area contributed by atoms with Gasteiger partial charge in [0, 0.05) is 37.9 Å². The third-order valence-corrected chi connectivity index (χ3v) is 7.93. The van der Waals surface area contributed by atoms with Crippen LogP contribution in [0.25, 0.3) is 11.1 Å². The molecule has 222 valence electrons. The third-order valence-electron chi connectivity index (χ3n) is 7.53. The van der Waals surface area contributed by atoms with Gasteiger partial charge in [0.05, 0.1) is 17.7 Å². The first-order chi connectivity index (χ1) is 20.7. The summed E-state index contributed by atoms with van der Waals surface area (Å²) in [6.07, 6.45) is -3.68. The average molecular weight is 604 g/mol. The molecule has 0 bridgehead atoms. The van der Waals surface area contributed by atoms with Crippen molar-refractivity contribution in [2.45, 2.75) is 32.6 Å². The lowest BCUT2D eigenvalue weighted by Gasteiger charge is -2.32. The first kappa shape index (κ1) is 30.1. The average Bonchev–Trinajstić information content (AvgIpc) is 3.02. The maximum absolute atomic E-state index is 13.9. The fourth-order valence-corrected chi connectivity index (χ4v) is 5.44. The fraction of sp³-hybridized carbons (Fsp3) is 0.235. The summed E-state index contributed by atoms with van der Waals surface area (Å²) in [6, 6.07) is 26.0. The molecule has 0 fully saturated rings. The lowest BCUT2D eigenvalue weighted by atomic mass is 9.96. The van der Waals surface area contributed by atoms with E-state index in [9.17, 15) is 18.0 Å². The minimum Gasteiger partial charge on any atom is -0.493 e. The molecule has 5 nitrogen and oxygen atoms in total. The number of benzene rings is 4. The van der Waals surface area contributed by atoms with Crippen LogP contribution in [0.3, 0.4) is 0 Å². The molecular formula is C34H32F3N3O2S. The van der Waals surface area contributed by atoms with Gasteiger partial charge in [-0.2, -0.15) is 13.2 Å². The zero-order chi connectivity index (χ0) is 30.6. The lowest BCUT2D eigenvalue weighted by Crippen LogP contribution is -2.42. The van der Waals surface area contributed by atoms with Crippen LogP contribution in [-0.4, -0.2) is 36.1 Å². The van der Waals surface area contributed by atoms with E-state index >= 15 is 0 Å². The minimum absolute atomic E-state index is 0.292. The summed E-state index contributed by atoms with van der Waals surface area (Å²) in [5.41, 5.74) is 4.68. The van der Waals surface area contributed by atoms with E-state index in [0.29, 0.717) is 47.2 Å². The van der Waals surface area contributed by atoms with Crippen molar-refractivity contribution in [2.24, 2.45) is 0 Å². The minimum atomic E-state index is -4.45. The number of alkyl halides is 3. The number of fused-ring (bicyclic) bond motifs is 1. The molecule has 43 heavy (non-hydrogen) atoms. The molecule has 1 heterocycles. The Bertz CT molecular complexity index is 1610. The molecule has 1 N–H and O–H groups in total. The van der Waals surface area contributed by atoms with Crippen LogP contribution in [0.2, 0.25) is 0 Å². The highest BCUT2D eigenvalue weighted by Crippen LogP contribution is 2.37. The van der Waals surface area contributed by atoms with Gasteiger partial charge in [0.1, 0.15) is 5.75 Å². The molecule has 0 spiro atoms. The van der Waals surface area contributed by atoms with E-state index in [0.717, 1.165) is 47.5 Å². The molecule has 0 saturated carbocycles. The predicted molar refractivity (Wildman–Crippen MR) is 167 cm³/mol. The Balaban J connectivity index is 1.35. The Morgan fingerprint density at radius 1 is 0.977 bits per heavy atom. The number of halogens is 3. The van der Waals surface area contributed by atoms with Gasteiger partial charge in [-0.3, -0.25) is 4.79 Å². The number of carbonyl (C=O) groups excluding carboxylic acids is 1. The number of ether oxygens (including phenoxy) is 1. The Labute approximate surface area is 254 Å². The molecule has 4 aromatic carbocycles. The summed E-state index contributed by atoms with van der Waals surface area (Å²) in [7, 11) is 1.70. The van der Waals surface area contributed by atoms with Gasteiger partial charge in [-0.1, -0.05) is 54.6 Å². The number of nitrogens with zero attached hydrogens (tertiary/aromatic N) is 2. The quantitative estimate of drug-likeness (QED) is 0.222. The van der Waals surface area contributed by atoms with Crippen LogP contribution in [0, 0.1) is 0 Å². The largest absolute Gasteiger partial charge is 0.493 e. The van der Waals surface area contributed by atoms with Crippen molar-refractivity contribution in [3.63, 3.8) is 0 Å². The van der Waals surface area contributed by atoms with Crippen molar-refractivity contribution in [3.05, 3.63) is 119 Å².